The lowest BCUT2D eigenvalue weighted by molar-refractivity contribution is 0.311. The second-order valence-corrected chi connectivity index (χ2v) is 1.56. The zero-order chi connectivity index (χ0) is 6.41. The average Bonchev–Trinajstić information content (AvgIpc) is 2.24. The number of hydrogen-bond acceptors (Lipinski definition) is 1. The highest BCUT2D eigenvalue weighted by Crippen LogP contribution is 2.03. The molecule has 2 heteroatoms. The van der Waals surface area contributed by atoms with Gasteiger partial charge in [0.25, 0.3) is 0 Å². The van der Waals surface area contributed by atoms with E-state index in [2.05, 4.69) is 5.32 Å². The first-order valence-corrected chi connectivity index (χ1v) is 3.27. The molecule has 1 aliphatic heterocycles. The van der Waals surface area contributed by atoms with Crippen molar-refractivity contribution < 1.29 is 4.39 Å². The van der Waals surface area contributed by atoms with Crippen molar-refractivity contribution in [2.75, 3.05) is 6.54 Å². The number of hydrogen-bond donors (Lipinski definition) is 1. The maximum atomic E-state index is 11.8. The molecule has 1 unspecified atom stereocenters. The molecular weight excluding hydrogens is 105 g/mol. The first-order chi connectivity index (χ1) is 3.89. The minimum atomic E-state index is -0.704. The third kappa shape index (κ3) is 2.97. The van der Waals surface area contributed by atoms with Crippen LogP contribution in [0.5, 0.6) is 0 Å². The van der Waals surface area contributed by atoms with E-state index < -0.39 is 6.30 Å². The lowest BCUT2D eigenvalue weighted by atomic mass is 10.4. The van der Waals surface area contributed by atoms with Crippen LogP contribution in [0.1, 0.15) is 26.7 Å². The second kappa shape index (κ2) is 5.04. The fraction of sp³-hybridized carbons (Fsp3) is 1.00. The molecule has 0 saturated carbocycles. The van der Waals surface area contributed by atoms with E-state index in [1.54, 1.807) is 0 Å². The second-order valence-electron chi connectivity index (χ2n) is 1.56. The minimum absolute atomic E-state index is 0.704. The highest BCUT2D eigenvalue weighted by atomic mass is 19.1. The van der Waals surface area contributed by atoms with Crippen molar-refractivity contribution in [3.8, 4) is 0 Å². The Morgan fingerprint density at radius 2 is 2.12 bits per heavy atom. The fourth-order valence-electron chi connectivity index (χ4n) is 0.642. The first kappa shape index (κ1) is 7.89. The quantitative estimate of drug-likeness (QED) is 0.478. The number of nitrogens with one attached hydrogen (secondary N) is 1. The van der Waals surface area contributed by atoms with Gasteiger partial charge in [-0.15, -0.1) is 0 Å². The highest BCUT2D eigenvalue weighted by Gasteiger charge is 2.09. The van der Waals surface area contributed by atoms with Gasteiger partial charge in [-0.05, 0) is 19.4 Å². The molecule has 1 rings (SSSR count). The molecule has 0 amide bonds. The largest absolute Gasteiger partial charge is 0.288 e. The Morgan fingerprint density at radius 1 is 1.50 bits per heavy atom. The van der Waals surface area contributed by atoms with Gasteiger partial charge in [-0.1, -0.05) is 13.8 Å². The summed E-state index contributed by atoms with van der Waals surface area (Å²) in [6.45, 7) is 4.86. The molecule has 1 N–H and O–H groups in total. The minimum Gasteiger partial charge on any atom is -0.288 e. The zero-order valence-electron chi connectivity index (χ0n) is 5.58. The molecule has 1 fully saturated rings. The van der Waals surface area contributed by atoms with Gasteiger partial charge in [0.1, 0.15) is 0 Å². The molecule has 0 bridgehead atoms. The number of rotatable bonds is 0. The number of alkyl halides is 1. The summed E-state index contributed by atoms with van der Waals surface area (Å²) in [6, 6.07) is 0. The van der Waals surface area contributed by atoms with Gasteiger partial charge in [0.15, 0.2) is 6.30 Å². The third-order valence-corrected chi connectivity index (χ3v) is 1.00. The van der Waals surface area contributed by atoms with Gasteiger partial charge in [-0.25, -0.2) is 4.39 Å². The van der Waals surface area contributed by atoms with E-state index in [0.29, 0.717) is 6.42 Å². The highest BCUT2D eigenvalue weighted by molar-refractivity contribution is 4.62. The van der Waals surface area contributed by atoms with Crippen molar-refractivity contribution >= 4 is 0 Å². The SMILES string of the molecule is CC.FC1CCCN1. The van der Waals surface area contributed by atoms with Crippen LogP contribution in [0.25, 0.3) is 0 Å². The van der Waals surface area contributed by atoms with Crippen molar-refractivity contribution in [1.82, 2.24) is 5.32 Å². The van der Waals surface area contributed by atoms with Crippen LogP contribution >= 0.6 is 0 Å². The predicted molar refractivity (Wildman–Crippen MR) is 33.5 cm³/mol. The summed E-state index contributed by atoms with van der Waals surface area (Å²) in [4.78, 5) is 0. The van der Waals surface area contributed by atoms with Gasteiger partial charge < -0.3 is 0 Å². The molecule has 1 aliphatic rings. The molecule has 1 heterocycles. The molecule has 0 aromatic carbocycles. The molecule has 1 saturated heterocycles. The van der Waals surface area contributed by atoms with Crippen LogP contribution in [0.4, 0.5) is 4.39 Å². The van der Waals surface area contributed by atoms with Crippen LogP contribution in [0.15, 0.2) is 0 Å². The Kier molecular flexibility index (Phi) is 4.97. The van der Waals surface area contributed by atoms with E-state index in [9.17, 15) is 4.39 Å². The maximum absolute atomic E-state index is 11.8. The van der Waals surface area contributed by atoms with Crippen molar-refractivity contribution in [3.05, 3.63) is 0 Å². The van der Waals surface area contributed by atoms with Crippen molar-refractivity contribution in [2.45, 2.75) is 33.0 Å². The van der Waals surface area contributed by atoms with Crippen molar-refractivity contribution in [1.29, 1.82) is 0 Å². The summed E-state index contributed by atoms with van der Waals surface area (Å²) in [7, 11) is 0. The zero-order valence-corrected chi connectivity index (χ0v) is 5.58. The monoisotopic (exact) mass is 119 g/mol. The van der Waals surface area contributed by atoms with E-state index in [1.165, 1.54) is 0 Å². The Hall–Kier alpha value is -0.110. The van der Waals surface area contributed by atoms with E-state index in [1.807, 2.05) is 13.8 Å². The van der Waals surface area contributed by atoms with Crippen LogP contribution in [0.2, 0.25) is 0 Å². The summed E-state index contributed by atoms with van der Waals surface area (Å²) < 4.78 is 11.8. The summed E-state index contributed by atoms with van der Waals surface area (Å²) >= 11 is 0. The summed E-state index contributed by atoms with van der Waals surface area (Å²) in [5.74, 6) is 0. The maximum Gasteiger partial charge on any atom is 0.151 e. The van der Waals surface area contributed by atoms with Gasteiger partial charge in [0, 0.05) is 0 Å². The van der Waals surface area contributed by atoms with Crippen LogP contribution < -0.4 is 5.32 Å². The predicted octanol–water partition coefficient (Wildman–Crippen LogP) is 1.69. The molecule has 1 nitrogen and oxygen atoms in total. The van der Waals surface area contributed by atoms with Gasteiger partial charge in [-0.2, -0.15) is 0 Å². The molecular formula is C6H14FN. The Labute approximate surface area is 50.3 Å². The molecule has 0 spiro atoms. The summed E-state index contributed by atoms with van der Waals surface area (Å²) in [6.07, 6.45) is 1.01. The van der Waals surface area contributed by atoms with E-state index in [0.717, 1.165) is 13.0 Å². The Morgan fingerprint density at radius 3 is 2.25 bits per heavy atom. The average molecular weight is 119 g/mol. The molecule has 0 radical (unpaired) electrons. The van der Waals surface area contributed by atoms with Crippen LogP contribution in [0.3, 0.4) is 0 Å². The third-order valence-electron chi connectivity index (χ3n) is 1.00. The van der Waals surface area contributed by atoms with Crippen molar-refractivity contribution in [3.63, 3.8) is 0 Å². The van der Waals surface area contributed by atoms with Crippen LogP contribution in [-0.2, 0) is 0 Å². The molecule has 0 aromatic rings. The van der Waals surface area contributed by atoms with Gasteiger partial charge in [0.2, 0.25) is 0 Å². The van der Waals surface area contributed by atoms with Gasteiger partial charge in [0.05, 0.1) is 0 Å². The summed E-state index contributed by atoms with van der Waals surface area (Å²) in [5, 5.41) is 2.65. The first-order valence-electron chi connectivity index (χ1n) is 3.27. The van der Waals surface area contributed by atoms with Crippen LogP contribution in [0, 0.1) is 0 Å². The van der Waals surface area contributed by atoms with Gasteiger partial charge >= 0.3 is 0 Å². The molecule has 8 heavy (non-hydrogen) atoms. The molecule has 1 atom stereocenters. The summed E-state index contributed by atoms with van der Waals surface area (Å²) in [5.41, 5.74) is 0. The van der Waals surface area contributed by atoms with Crippen molar-refractivity contribution in [2.24, 2.45) is 0 Å². The van der Waals surface area contributed by atoms with Crippen LogP contribution in [-0.4, -0.2) is 12.8 Å². The number of halogens is 1. The van der Waals surface area contributed by atoms with E-state index in [4.69, 9.17) is 0 Å². The molecule has 0 aliphatic carbocycles. The Balaban J connectivity index is 0.000000222. The standard InChI is InChI=1S/C4H8FN.C2H6/c5-4-2-1-3-6-4;1-2/h4,6H,1-3H2;1-2H3. The van der Waals surface area contributed by atoms with Gasteiger partial charge in [-0.3, -0.25) is 5.32 Å². The lowest BCUT2D eigenvalue weighted by Gasteiger charge is -1.90. The topological polar surface area (TPSA) is 12.0 Å². The van der Waals surface area contributed by atoms with E-state index >= 15 is 0 Å². The van der Waals surface area contributed by atoms with E-state index in [-0.39, 0.29) is 0 Å². The fourth-order valence-corrected chi connectivity index (χ4v) is 0.642. The normalized spacial score (nSPS) is 26.6. The lowest BCUT2D eigenvalue weighted by Crippen LogP contribution is -2.14. The molecule has 0 aromatic heterocycles. The smallest absolute Gasteiger partial charge is 0.151 e. The Bertz CT molecular complexity index is 41.8. The molecule has 50 valence electrons.